The van der Waals surface area contributed by atoms with E-state index in [9.17, 15) is 10.2 Å². The predicted octanol–water partition coefficient (Wildman–Crippen LogP) is 7.16. The third kappa shape index (κ3) is 4.60. The van der Waals surface area contributed by atoms with E-state index < -0.39 is 0 Å². The number of hydrogen-bond acceptors (Lipinski definition) is 2. The average Bonchev–Trinajstić information content (AvgIpc) is 2.61. The van der Waals surface area contributed by atoms with E-state index in [2.05, 4.69) is 58.9 Å². The molecule has 1 unspecified atom stereocenters. The zero-order valence-electron chi connectivity index (χ0n) is 17.9. The van der Waals surface area contributed by atoms with Crippen LogP contribution in [-0.4, -0.2) is 10.2 Å². The normalized spacial score (nSPS) is 18.0. The summed E-state index contributed by atoms with van der Waals surface area (Å²) in [4.78, 5) is 0. The van der Waals surface area contributed by atoms with Gasteiger partial charge in [-0.1, -0.05) is 71.0 Å². The van der Waals surface area contributed by atoms with E-state index in [1.807, 2.05) is 12.1 Å². The first kappa shape index (κ1) is 20.5. The third-order valence-electron chi connectivity index (χ3n) is 5.86. The molecular formula is C26H34O2. The highest BCUT2D eigenvalue weighted by molar-refractivity contribution is 5.73. The van der Waals surface area contributed by atoms with Crippen molar-refractivity contribution in [2.45, 2.75) is 71.6 Å². The van der Waals surface area contributed by atoms with E-state index in [0.29, 0.717) is 17.4 Å². The summed E-state index contributed by atoms with van der Waals surface area (Å²) in [6, 6.07) is 13.8. The molecule has 0 fully saturated rings. The van der Waals surface area contributed by atoms with Gasteiger partial charge in [0.2, 0.25) is 0 Å². The van der Waals surface area contributed by atoms with Gasteiger partial charge >= 0.3 is 0 Å². The summed E-state index contributed by atoms with van der Waals surface area (Å²) in [5.41, 5.74) is 4.68. The maximum atomic E-state index is 11.1. The molecule has 150 valence electrons. The van der Waals surface area contributed by atoms with Crippen LogP contribution in [0, 0.1) is 5.41 Å². The van der Waals surface area contributed by atoms with Gasteiger partial charge in [0.05, 0.1) is 0 Å². The number of rotatable bonds is 4. The maximum Gasteiger partial charge on any atom is 0.126 e. The van der Waals surface area contributed by atoms with Gasteiger partial charge in [0.25, 0.3) is 0 Å². The first-order valence-electron chi connectivity index (χ1n) is 10.4. The van der Waals surface area contributed by atoms with E-state index >= 15 is 0 Å². The molecule has 0 bridgehead atoms. The van der Waals surface area contributed by atoms with Crippen LogP contribution in [0.15, 0.2) is 48.5 Å². The Morgan fingerprint density at radius 2 is 1.61 bits per heavy atom. The van der Waals surface area contributed by atoms with Crippen molar-refractivity contribution >= 4 is 5.57 Å². The van der Waals surface area contributed by atoms with Crippen LogP contribution in [0.1, 0.15) is 82.9 Å². The summed E-state index contributed by atoms with van der Waals surface area (Å²) in [5, 5.41) is 20.6. The van der Waals surface area contributed by atoms with Crippen molar-refractivity contribution in [1.29, 1.82) is 0 Å². The number of phenolic OH excluding ortho intramolecular Hbond substituents is 2. The second-order valence-electron chi connectivity index (χ2n) is 10.1. The molecule has 2 aromatic rings. The third-order valence-corrected chi connectivity index (χ3v) is 5.86. The maximum absolute atomic E-state index is 11.1. The molecular weight excluding hydrogens is 344 g/mol. The summed E-state index contributed by atoms with van der Waals surface area (Å²) < 4.78 is 0. The zero-order valence-corrected chi connectivity index (χ0v) is 17.9. The Bertz CT molecular complexity index is 851. The number of phenols is 2. The molecule has 28 heavy (non-hydrogen) atoms. The van der Waals surface area contributed by atoms with Crippen LogP contribution in [-0.2, 0) is 5.41 Å². The Labute approximate surface area is 169 Å². The fraction of sp³-hybridized carbons (Fsp3) is 0.462. The highest BCUT2D eigenvalue weighted by Gasteiger charge is 2.31. The second kappa shape index (κ2) is 7.66. The molecule has 0 aliphatic heterocycles. The number of allylic oxidation sites excluding steroid dienone is 2. The van der Waals surface area contributed by atoms with Crippen LogP contribution < -0.4 is 0 Å². The standard InChI is InChI=1S/C26H34O2/c1-25(2,3)17-26(4,5)23-8-6-7-22(24(23)28)20-11-9-18(10-12-20)19-13-15-21(27)16-14-19/h6-8,11,13-16,18,27-28H,9-10,12,17H2,1-5H3. The molecule has 0 saturated carbocycles. The smallest absolute Gasteiger partial charge is 0.126 e. The molecule has 0 saturated heterocycles. The van der Waals surface area contributed by atoms with Crippen molar-refractivity contribution in [2.24, 2.45) is 5.41 Å². The first-order valence-corrected chi connectivity index (χ1v) is 10.4. The molecule has 3 rings (SSSR count). The summed E-state index contributed by atoms with van der Waals surface area (Å²) in [5.74, 6) is 1.24. The lowest BCUT2D eigenvalue weighted by Crippen LogP contribution is -2.25. The minimum Gasteiger partial charge on any atom is -0.508 e. The molecule has 2 heteroatoms. The molecule has 1 aliphatic carbocycles. The Hall–Kier alpha value is -2.22. The van der Waals surface area contributed by atoms with Gasteiger partial charge in [-0.3, -0.25) is 0 Å². The topological polar surface area (TPSA) is 40.5 Å². The summed E-state index contributed by atoms with van der Waals surface area (Å²) in [7, 11) is 0. The minimum absolute atomic E-state index is 0.0812. The molecule has 0 radical (unpaired) electrons. The molecule has 0 spiro atoms. The summed E-state index contributed by atoms with van der Waals surface area (Å²) >= 11 is 0. The molecule has 2 nitrogen and oxygen atoms in total. The Kier molecular flexibility index (Phi) is 5.61. The Morgan fingerprint density at radius 3 is 2.18 bits per heavy atom. The van der Waals surface area contributed by atoms with Crippen molar-refractivity contribution in [3.05, 3.63) is 65.2 Å². The molecule has 2 aromatic carbocycles. The van der Waals surface area contributed by atoms with E-state index in [1.54, 1.807) is 12.1 Å². The lowest BCUT2D eigenvalue weighted by Gasteiger charge is -2.34. The highest BCUT2D eigenvalue weighted by Crippen LogP contribution is 2.44. The monoisotopic (exact) mass is 378 g/mol. The van der Waals surface area contributed by atoms with Crippen molar-refractivity contribution in [2.75, 3.05) is 0 Å². The fourth-order valence-corrected chi connectivity index (χ4v) is 4.90. The quantitative estimate of drug-likeness (QED) is 0.592. The van der Waals surface area contributed by atoms with Crippen LogP contribution in [0.5, 0.6) is 11.5 Å². The van der Waals surface area contributed by atoms with Gasteiger partial charge in [-0.2, -0.15) is 0 Å². The van der Waals surface area contributed by atoms with Gasteiger partial charge in [0, 0.05) is 11.1 Å². The van der Waals surface area contributed by atoms with Crippen molar-refractivity contribution in [3.63, 3.8) is 0 Å². The van der Waals surface area contributed by atoms with E-state index in [4.69, 9.17) is 0 Å². The second-order valence-corrected chi connectivity index (χ2v) is 10.1. The van der Waals surface area contributed by atoms with Gasteiger partial charge in [-0.25, -0.2) is 0 Å². The Morgan fingerprint density at radius 1 is 0.929 bits per heavy atom. The van der Waals surface area contributed by atoms with Crippen LogP contribution in [0.2, 0.25) is 0 Å². The molecule has 1 aliphatic rings. The van der Waals surface area contributed by atoms with Crippen LogP contribution in [0.25, 0.3) is 5.57 Å². The lowest BCUT2D eigenvalue weighted by atomic mass is 9.71. The van der Waals surface area contributed by atoms with Crippen LogP contribution >= 0.6 is 0 Å². The molecule has 0 heterocycles. The predicted molar refractivity (Wildman–Crippen MR) is 118 cm³/mol. The number of aromatic hydroxyl groups is 2. The minimum atomic E-state index is -0.0812. The van der Waals surface area contributed by atoms with E-state index in [-0.39, 0.29) is 10.8 Å². The summed E-state index contributed by atoms with van der Waals surface area (Å²) in [6.45, 7) is 11.2. The number of benzene rings is 2. The van der Waals surface area contributed by atoms with Gasteiger partial charge in [0.1, 0.15) is 11.5 Å². The lowest BCUT2D eigenvalue weighted by molar-refractivity contribution is 0.278. The van der Waals surface area contributed by atoms with Gasteiger partial charge in [-0.15, -0.1) is 0 Å². The van der Waals surface area contributed by atoms with Gasteiger partial charge in [-0.05, 0) is 65.7 Å². The largest absolute Gasteiger partial charge is 0.508 e. The Balaban J connectivity index is 1.84. The highest BCUT2D eigenvalue weighted by atomic mass is 16.3. The number of para-hydroxylation sites is 1. The molecule has 1 atom stereocenters. The van der Waals surface area contributed by atoms with E-state index in [1.165, 1.54) is 11.1 Å². The van der Waals surface area contributed by atoms with Crippen molar-refractivity contribution < 1.29 is 10.2 Å². The SMILES string of the molecule is CC(C)(C)CC(C)(C)c1cccc(C2=CCC(c3ccc(O)cc3)CC2)c1O. The molecule has 0 amide bonds. The van der Waals surface area contributed by atoms with Crippen LogP contribution in [0.4, 0.5) is 0 Å². The number of hydrogen-bond donors (Lipinski definition) is 2. The zero-order chi connectivity index (χ0) is 20.5. The summed E-state index contributed by atoms with van der Waals surface area (Å²) in [6.07, 6.45) is 6.29. The van der Waals surface area contributed by atoms with Crippen molar-refractivity contribution in [3.8, 4) is 11.5 Å². The average molecular weight is 379 g/mol. The molecule has 0 aromatic heterocycles. The van der Waals surface area contributed by atoms with Crippen LogP contribution in [0.3, 0.4) is 0 Å². The fourth-order valence-electron chi connectivity index (χ4n) is 4.90. The van der Waals surface area contributed by atoms with Crippen molar-refractivity contribution in [1.82, 2.24) is 0 Å². The molecule has 2 N–H and O–H groups in total. The first-order chi connectivity index (χ1) is 13.1. The van der Waals surface area contributed by atoms with Gasteiger partial charge < -0.3 is 10.2 Å². The van der Waals surface area contributed by atoms with E-state index in [0.717, 1.165) is 36.8 Å². The van der Waals surface area contributed by atoms with Gasteiger partial charge in [0.15, 0.2) is 0 Å².